The molecule has 1 aliphatic rings. The SMILES string of the molecule is C=CCCOCCNC(=O)N1CCN(CC(=O)O)CC1. The molecule has 0 bridgehead atoms. The number of carboxylic acids is 1. The van der Waals surface area contributed by atoms with Crippen LogP contribution in [-0.2, 0) is 9.53 Å². The van der Waals surface area contributed by atoms with Gasteiger partial charge in [0, 0.05) is 32.7 Å². The predicted molar refractivity (Wildman–Crippen MR) is 74.7 cm³/mol. The van der Waals surface area contributed by atoms with Crippen LogP contribution in [0.1, 0.15) is 6.42 Å². The molecule has 0 aromatic heterocycles. The van der Waals surface area contributed by atoms with Gasteiger partial charge in [0.05, 0.1) is 19.8 Å². The van der Waals surface area contributed by atoms with E-state index in [1.165, 1.54) is 0 Å². The van der Waals surface area contributed by atoms with Crippen molar-refractivity contribution in [2.45, 2.75) is 6.42 Å². The Morgan fingerprint density at radius 1 is 1.25 bits per heavy atom. The molecule has 0 aromatic rings. The number of ether oxygens (including phenoxy) is 1. The van der Waals surface area contributed by atoms with Gasteiger partial charge in [0.15, 0.2) is 0 Å². The lowest BCUT2D eigenvalue weighted by molar-refractivity contribution is -0.138. The highest BCUT2D eigenvalue weighted by Crippen LogP contribution is 2.01. The summed E-state index contributed by atoms with van der Waals surface area (Å²) in [6.45, 7) is 7.50. The standard InChI is InChI=1S/C13H23N3O4/c1-2-3-9-20-10-4-14-13(19)16-7-5-15(6-8-16)11-12(17)18/h2H,1,3-11H2,(H,14,19)(H,17,18). The van der Waals surface area contributed by atoms with Crippen LogP contribution < -0.4 is 5.32 Å². The molecule has 0 unspecified atom stereocenters. The van der Waals surface area contributed by atoms with Gasteiger partial charge in [-0.25, -0.2) is 4.79 Å². The average Bonchev–Trinajstić information content (AvgIpc) is 2.42. The molecular formula is C13H23N3O4. The Morgan fingerprint density at radius 3 is 2.55 bits per heavy atom. The second kappa shape index (κ2) is 9.33. The molecule has 1 saturated heterocycles. The van der Waals surface area contributed by atoms with E-state index in [9.17, 15) is 9.59 Å². The molecule has 0 aliphatic carbocycles. The Balaban J connectivity index is 2.10. The van der Waals surface area contributed by atoms with Gasteiger partial charge in [-0.05, 0) is 6.42 Å². The van der Waals surface area contributed by atoms with Crippen molar-refractivity contribution in [2.75, 3.05) is 52.5 Å². The number of piperazine rings is 1. The lowest BCUT2D eigenvalue weighted by Gasteiger charge is -2.33. The lowest BCUT2D eigenvalue weighted by atomic mass is 10.3. The molecule has 7 nitrogen and oxygen atoms in total. The van der Waals surface area contributed by atoms with E-state index in [-0.39, 0.29) is 12.6 Å². The molecular weight excluding hydrogens is 262 g/mol. The zero-order valence-electron chi connectivity index (χ0n) is 11.7. The summed E-state index contributed by atoms with van der Waals surface area (Å²) in [5.74, 6) is -0.834. The van der Waals surface area contributed by atoms with E-state index in [1.54, 1.807) is 11.0 Å². The molecule has 2 N–H and O–H groups in total. The molecule has 0 spiro atoms. The van der Waals surface area contributed by atoms with Gasteiger partial charge in [-0.2, -0.15) is 0 Å². The summed E-state index contributed by atoms with van der Waals surface area (Å²) in [6.07, 6.45) is 2.59. The van der Waals surface area contributed by atoms with Crippen molar-refractivity contribution in [3.05, 3.63) is 12.7 Å². The zero-order valence-corrected chi connectivity index (χ0v) is 11.7. The number of hydrogen-bond acceptors (Lipinski definition) is 4. The van der Waals surface area contributed by atoms with Crippen LogP contribution in [-0.4, -0.2) is 79.4 Å². The van der Waals surface area contributed by atoms with E-state index in [2.05, 4.69) is 11.9 Å². The highest BCUT2D eigenvalue weighted by molar-refractivity contribution is 5.74. The molecule has 0 aromatic carbocycles. The van der Waals surface area contributed by atoms with Crippen molar-refractivity contribution < 1.29 is 19.4 Å². The van der Waals surface area contributed by atoms with Gasteiger partial charge < -0.3 is 20.1 Å². The Hall–Kier alpha value is -1.60. The van der Waals surface area contributed by atoms with Crippen molar-refractivity contribution in [1.82, 2.24) is 15.1 Å². The minimum Gasteiger partial charge on any atom is -0.480 e. The molecule has 1 fully saturated rings. The molecule has 1 aliphatic heterocycles. The summed E-state index contributed by atoms with van der Waals surface area (Å²) in [6, 6.07) is -0.118. The van der Waals surface area contributed by atoms with Crippen molar-refractivity contribution in [3.8, 4) is 0 Å². The van der Waals surface area contributed by atoms with Crippen molar-refractivity contribution >= 4 is 12.0 Å². The number of carbonyl (C=O) groups is 2. The lowest BCUT2D eigenvalue weighted by Crippen LogP contribution is -2.52. The van der Waals surface area contributed by atoms with Crippen molar-refractivity contribution in [1.29, 1.82) is 0 Å². The number of hydrogen-bond donors (Lipinski definition) is 2. The van der Waals surface area contributed by atoms with E-state index in [1.807, 2.05) is 4.90 Å². The number of carboxylic acid groups (broad SMARTS) is 1. The van der Waals surface area contributed by atoms with Crippen LogP contribution in [0.5, 0.6) is 0 Å². The maximum absolute atomic E-state index is 11.8. The zero-order chi connectivity index (χ0) is 14.8. The summed E-state index contributed by atoms with van der Waals surface area (Å²) in [7, 11) is 0. The summed E-state index contributed by atoms with van der Waals surface area (Å²) in [5, 5.41) is 11.5. The third kappa shape index (κ3) is 6.53. The van der Waals surface area contributed by atoms with Gasteiger partial charge in [-0.3, -0.25) is 9.69 Å². The molecule has 1 heterocycles. The van der Waals surface area contributed by atoms with Crippen molar-refractivity contribution in [3.63, 3.8) is 0 Å². The van der Waals surface area contributed by atoms with E-state index in [4.69, 9.17) is 9.84 Å². The number of aliphatic carboxylic acids is 1. The third-order valence-corrected chi connectivity index (χ3v) is 3.01. The summed E-state index contributed by atoms with van der Waals surface area (Å²) in [5.41, 5.74) is 0. The smallest absolute Gasteiger partial charge is 0.317 e. The molecule has 7 heteroatoms. The highest BCUT2D eigenvalue weighted by atomic mass is 16.5. The molecule has 1 rings (SSSR count). The quantitative estimate of drug-likeness (QED) is 0.484. The van der Waals surface area contributed by atoms with Gasteiger partial charge in [0.2, 0.25) is 0 Å². The van der Waals surface area contributed by atoms with Crippen LogP contribution in [0, 0.1) is 0 Å². The van der Waals surface area contributed by atoms with Crippen LogP contribution >= 0.6 is 0 Å². The number of amides is 2. The van der Waals surface area contributed by atoms with Crippen LogP contribution in [0.15, 0.2) is 12.7 Å². The fourth-order valence-electron chi connectivity index (χ4n) is 1.91. The Morgan fingerprint density at radius 2 is 1.95 bits per heavy atom. The van der Waals surface area contributed by atoms with Crippen LogP contribution in [0.3, 0.4) is 0 Å². The van der Waals surface area contributed by atoms with Crippen LogP contribution in [0.2, 0.25) is 0 Å². The first-order chi connectivity index (χ1) is 9.63. The van der Waals surface area contributed by atoms with Crippen LogP contribution in [0.4, 0.5) is 4.79 Å². The van der Waals surface area contributed by atoms with E-state index >= 15 is 0 Å². The fourth-order valence-corrected chi connectivity index (χ4v) is 1.91. The maximum atomic E-state index is 11.8. The molecule has 114 valence electrons. The Labute approximate surface area is 119 Å². The number of rotatable bonds is 8. The third-order valence-electron chi connectivity index (χ3n) is 3.01. The Kier molecular flexibility index (Phi) is 7.67. The molecule has 0 atom stereocenters. The first-order valence-electron chi connectivity index (χ1n) is 6.79. The molecule has 0 saturated carbocycles. The number of urea groups is 1. The largest absolute Gasteiger partial charge is 0.480 e. The first kappa shape index (κ1) is 16.5. The summed E-state index contributed by atoms with van der Waals surface area (Å²) < 4.78 is 5.29. The minimum atomic E-state index is -0.834. The number of nitrogens with one attached hydrogen (secondary N) is 1. The van der Waals surface area contributed by atoms with Gasteiger partial charge in [-0.1, -0.05) is 6.08 Å². The molecule has 0 radical (unpaired) electrons. The van der Waals surface area contributed by atoms with Crippen LogP contribution in [0.25, 0.3) is 0 Å². The van der Waals surface area contributed by atoms with E-state index < -0.39 is 5.97 Å². The minimum absolute atomic E-state index is 0.0343. The number of carbonyl (C=O) groups excluding carboxylic acids is 1. The van der Waals surface area contributed by atoms with Gasteiger partial charge in [0.25, 0.3) is 0 Å². The van der Waals surface area contributed by atoms with Gasteiger partial charge in [0.1, 0.15) is 0 Å². The van der Waals surface area contributed by atoms with Gasteiger partial charge in [-0.15, -0.1) is 6.58 Å². The topological polar surface area (TPSA) is 82.1 Å². The predicted octanol–water partition coefficient (Wildman–Crippen LogP) is -0.00910. The summed E-state index contributed by atoms with van der Waals surface area (Å²) >= 11 is 0. The van der Waals surface area contributed by atoms with E-state index in [0.29, 0.717) is 45.9 Å². The molecule has 20 heavy (non-hydrogen) atoms. The summed E-state index contributed by atoms with van der Waals surface area (Å²) in [4.78, 5) is 25.9. The second-order valence-electron chi connectivity index (χ2n) is 4.58. The van der Waals surface area contributed by atoms with E-state index in [0.717, 1.165) is 6.42 Å². The van der Waals surface area contributed by atoms with Crippen molar-refractivity contribution in [2.24, 2.45) is 0 Å². The molecule has 2 amide bonds. The van der Waals surface area contributed by atoms with Gasteiger partial charge >= 0.3 is 12.0 Å². The first-order valence-corrected chi connectivity index (χ1v) is 6.79. The fraction of sp³-hybridized carbons (Fsp3) is 0.692. The Bertz CT molecular complexity index is 328. The monoisotopic (exact) mass is 285 g/mol. The average molecular weight is 285 g/mol. The number of nitrogens with zero attached hydrogens (tertiary/aromatic N) is 2. The second-order valence-corrected chi connectivity index (χ2v) is 4.58. The highest BCUT2D eigenvalue weighted by Gasteiger charge is 2.21. The normalized spacial score (nSPS) is 15.9. The maximum Gasteiger partial charge on any atom is 0.317 e.